The minimum atomic E-state index is -0.649. The maximum atomic E-state index is 12.9. The van der Waals surface area contributed by atoms with Gasteiger partial charge in [0.1, 0.15) is 0 Å². The molecular formula is C24H22N2O5. The first-order valence-electron chi connectivity index (χ1n) is 10.5. The number of nitrogens with one attached hydrogen (secondary N) is 1. The number of esters is 1. The number of carbonyl (C=O) groups excluding carboxylic acids is 4. The second-order valence-electron chi connectivity index (χ2n) is 8.43. The van der Waals surface area contributed by atoms with Gasteiger partial charge in [-0.25, -0.2) is 4.79 Å². The Hall–Kier alpha value is -3.48. The summed E-state index contributed by atoms with van der Waals surface area (Å²) in [6, 6.07) is 15.1. The minimum absolute atomic E-state index is 0.116. The van der Waals surface area contributed by atoms with Gasteiger partial charge in [0, 0.05) is 5.69 Å². The molecule has 1 N–H and O–H groups in total. The highest BCUT2D eigenvalue weighted by Gasteiger charge is 2.61. The number of amides is 3. The number of carbonyl (C=O) groups is 4. The van der Waals surface area contributed by atoms with Gasteiger partial charge >= 0.3 is 5.97 Å². The van der Waals surface area contributed by atoms with Crippen molar-refractivity contribution in [3.8, 4) is 0 Å². The summed E-state index contributed by atoms with van der Waals surface area (Å²) in [6.45, 7) is -0.412. The van der Waals surface area contributed by atoms with Gasteiger partial charge in [-0.1, -0.05) is 18.2 Å². The van der Waals surface area contributed by atoms with Crippen LogP contribution in [0.5, 0.6) is 0 Å². The first kappa shape index (κ1) is 19.5. The van der Waals surface area contributed by atoms with Crippen LogP contribution in [-0.4, -0.2) is 30.3 Å². The lowest BCUT2D eigenvalue weighted by atomic mass is 9.81. The summed E-state index contributed by atoms with van der Waals surface area (Å²) in [7, 11) is 0. The Kier molecular flexibility index (Phi) is 4.81. The molecule has 31 heavy (non-hydrogen) atoms. The Bertz CT molecular complexity index is 1020. The van der Waals surface area contributed by atoms with Gasteiger partial charge in [0.2, 0.25) is 11.8 Å². The molecule has 3 amide bonds. The summed E-state index contributed by atoms with van der Waals surface area (Å²) in [5.41, 5.74) is 1.34. The third kappa shape index (κ3) is 3.40. The maximum absolute atomic E-state index is 12.9. The Balaban J connectivity index is 1.21. The highest BCUT2D eigenvalue weighted by molar-refractivity contribution is 6.22. The van der Waals surface area contributed by atoms with Crippen molar-refractivity contribution < 1.29 is 23.9 Å². The lowest BCUT2D eigenvalue weighted by molar-refractivity contribution is -0.123. The van der Waals surface area contributed by atoms with Crippen LogP contribution in [0, 0.1) is 23.7 Å². The van der Waals surface area contributed by atoms with Gasteiger partial charge in [-0.3, -0.25) is 19.3 Å². The molecule has 2 aliphatic carbocycles. The van der Waals surface area contributed by atoms with Crippen LogP contribution >= 0.6 is 0 Å². The SMILES string of the molecule is O=C(COC(=O)c1ccc(N2C(=O)[C@@H]3[C@@H]4CC[C@@H](C4)[C@@H]3C2=O)cc1)Nc1ccccc1. The number of imide groups is 1. The van der Waals surface area contributed by atoms with Crippen LogP contribution in [0.1, 0.15) is 29.6 Å². The molecule has 0 aromatic heterocycles. The molecule has 2 aromatic carbocycles. The molecule has 0 radical (unpaired) electrons. The van der Waals surface area contributed by atoms with E-state index in [9.17, 15) is 19.2 Å². The van der Waals surface area contributed by atoms with Crippen molar-refractivity contribution in [3.63, 3.8) is 0 Å². The molecule has 158 valence electrons. The third-order valence-corrected chi connectivity index (χ3v) is 6.68. The van der Waals surface area contributed by atoms with E-state index in [0.717, 1.165) is 19.3 Å². The maximum Gasteiger partial charge on any atom is 0.338 e. The minimum Gasteiger partial charge on any atom is -0.452 e. The van der Waals surface area contributed by atoms with E-state index in [1.54, 1.807) is 36.4 Å². The topological polar surface area (TPSA) is 92.8 Å². The lowest BCUT2D eigenvalue weighted by Gasteiger charge is -2.19. The monoisotopic (exact) mass is 418 g/mol. The van der Waals surface area contributed by atoms with E-state index in [1.165, 1.54) is 17.0 Å². The average molecular weight is 418 g/mol. The van der Waals surface area contributed by atoms with Gasteiger partial charge in [0.25, 0.3) is 5.91 Å². The zero-order valence-electron chi connectivity index (χ0n) is 16.8. The Labute approximate surface area is 179 Å². The van der Waals surface area contributed by atoms with E-state index >= 15 is 0 Å². The normalized spacial score (nSPS) is 26.1. The lowest BCUT2D eigenvalue weighted by Crippen LogP contribution is -2.32. The molecule has 1 aliphatic heterocycles. The van der Waals surface area contributed by atoms with Gasteiger partial charge in [-0.15, -0.1) is 0 Å². The summed E-state index contributed by atoms with van der Waals surface area (Å²) >= 11 is 0. The van der Waals surface area contributed by atoms with Crippen LogP contribution in [0.3, 0.4) is 0 Å². The van der Waals surface area contributed by atoms with Gasteiger partial charge in [0.05, 0.1) is 23.1 Å². The van der Waals surface area contributed by atoms with Crippen molar-refractivity contribution in [1.29, 1.82) is 0 Å². The van der Waals surface area contributed by atoms with Crippen LogP contribution in [0.25, 0.3) is 0 Å². The molecule has 1 saturated heterocycles. The van der Waals surface area contributed by atoms with Crippen LogP contribution in [0.15, 0.2) is 54.6 Å². The van der Waals surface area contributed by atoms with E-state index in [2.05, 4.69) is 5.32 Å². The van der Waals surface area contributed by atoms with E-state index < -0.39 is 18.5 Å². The number of benzene rings is 2. The van der Waals surface area contributed by atoms with Gasteiger partial charge in [0.15, 0.2) is 6.61 Å². The molecule has 2 bridgehead atoms. The Morgan fingerprint density at radius 2 is 1.52 bits per heavy atom. The number of fused-ring (bicyclic) bond motifs is 5. The van der Waals surface area contributed by atoms with Crippen LogP contribution in [0.4, 0.5) is 11.4 Å². The van der Waals surface area contributed by atoms with Crippen molar-refractivity contribution in [2.24, 2.45) is 23.7 Å². The van der Waals surface area contributed by atoms with Gasteiger partial charge < -0.3 is 10.1 Å². The van der Waals surface area contributed by atoms with Crippen LogP contribution in [-0.2, 0) is 19.1 Å². The van der Waals surface area contributed by atoms with E-state index in [0.29, 0.717) is 23.2 Å². The van der Waals surface area contributed by atoms with Crippen molar-refractivity contribution >= 4 is 35.1 Å². The highest BCUT2D eigenvalue weighted by atomic mass is 16.5. The van der Waals surface area contributed by atoms with E-state index in [1.807, 2.05) is 6.07 Å². The fraction of sp³-hybridized carbons (Fsp3) is 0.333. The molecule has 0 unspecified atom stereocenters. The Morgan fingerprint density at radius 3 is 2.13 bits per heavy atom. The molecule has 7 nitrogen and oxygen atoms in total. The van der Waals surface area contributed by atoms with E-state index in [4.69, 9.17) is 4.74 Å². The zero-order chi connectivity index (χ0) is 21.5. The number of nitrogens with zero attached hydrogens (tertiary/aromatic N) is 1. The molecule has 4 atom stereocenters. The molecule has 0 spiro atoms. The molecule has 5 rings (SSSR count). The largest absolute Gasteiger partial charge is 0.452 e. The molecule has 7 heteroatoms. The van der Waals surface area contributed by atoms with Crippen LogP contribution in [0.2, 0.25) is 0 Å². The number of hydrogen-bond donors (Lipinski definition) is 1. The average Bonchev–Trinajstić information content (AvgIpc) is 3.47. The summed E-state index contributed by atoms with van der Waals surface area (Å²) in [6.07, 6.45) is 3.05. The number of ether oxygens (including phenoxy) is 1. The molecule has 3 fully saturated rings. The summed E-state index contributed by atoms with van der Waals surface area (Å²) in [4.78, 5) is 51.3. The fourth-order valence-electron chi connectivity index (χ4n) is 5.34. The predicted octanol–water partition coefficient (Wildman–Crippen LogP) is 3.02. The third-order valence-electron chi connectivity index (χ3n) is 6.68. The number of anilines is 2. The molecule has 1 heterocycles. The number of para-hydroxylation sites is 1. The quantitative estimate of drug-likeness (QED) is 0.595. The summed E-state index contributed by atoms with van der Waals surface area (Å²) in [5.74, 6) is -1.03. The molecule has 2 saturated carbocycles. The summed E-state index contributed by atoms with van der Waals surface area (Å²) in [5, 5.41) is 2.64. The van der Waals surface area contributed by atoms with E-state index in [-0.39, 0.29) is 29.2 Å². The standard InChI is InChI=1S/C24H22N2O5/c27-19(25-17-4-2-1-3-5-17)13-31-24(30)14-8-10-18(11-9-14)26-22(28)20-15-6-7-16(12-15)21(20)23(26)29/h1-5,8-11,15-16,20-21H,6-7,12-13H2,(H,25,27)/t15-,16+,20-,21+. The van der Waals surface area contributed by atoms with Crippen molar-refractivity contribution in [2.45, 2.75) is 19.3 Å². The first-order valence-corrected chi connectivity index (χ1v) is 10.5. The van der Waals surface area contributed by atoms with Gasteiger partial charge in [-0.05, 0) is 67.5 Å². The zero-order valence-corrected chi connectivity index (χ0v) is 16.8. The van der Waals surface area contributed by atoms with Gasteiger partial charge in [-0.2, -0.15) is 0 Å². The first-order chi connectivity index (χ1) is 15.0. The second-order valence-corrected chi connectivity index (χ2v) is 8.43. The second kappa shape index (κ2) is 7.65. The molecule has 3 aliphatic rings. The molecular weight excluding hydrogens is 396 g/mol. The van der Waals surface area contributed by atoms with Crippen molar-refractivity contribution in [2.75, 3.05) is 16.8 Å². The van der Waals surface area contributed by atoms with Crippen molar-refractivity contribution in [3.05, 3.63) is 60.2 Å². The molecule has 2 aromatic rings. The number of rotatable bonds is 5. The number of hydrogen-bond acceptors (Lipinski definition) is 5. The summed E-state index contributed by atoms with van der Waals surface area (Å²) < 4.78 is 5.07. The predicted molar refractivity (Wildman–Crippen MR) is 112 cm³/mol. The van der Waals surface area contributed by atoms with Crippen LogP contribution < -0.4 is 10.2 Å². The Morgan fingerprint density at radius 1 is 0.903 bits per heavy atom. The van der Waals surface area contributed by atoms with Crippen molar-refractivity contribution in [1.82, 2.24) is 0 Å². The smallest absolute Gasteiger partial charge is 0.338 e. The fourth-order valence-corrected chi connectivity index (χ4v) is 5.34. The highest BCUT2D eigenvalue weighted by Crippen LogP contribution is 2.56.